The second-order valence-electron chi connectivity index (χ2n) is 5.06. The first-order valence-corrected chi connectivity index (χ1v) is 7.41. The third kappa shape index (κ3) is 3.87. The van der Waals surface area contributed by atoms with Crippen LogP contribution >= 0.6 is 23.2 Å². The molecule has 0 saturated heterocycles. The van der Waals surface area contributed by atoms with Gasteiger partial charge in [0, 0.05) is 12.0 Å². The number of halogens is 2. The van der Waals surface area contributed by atoms with Gasteiger partial charge in [-0.3, -0.25) is 9.59 Å². The zero-order valence-corrected chi connectivity index (χ0v) is 13.4. The number of Topliss-reactive ketones (excluding diaryl/α,β-unsaturated/α-hetero) is 1. The van der Waals surface area contributed by atoms with E-state index >= 15 is 0 Å². The summed E-state index contributed by atoms with van der Waals surface area (Å²) in [6, 6.07) is 11.7. The van der Waals surface area contributed by atoms with Gasteiger partial charge in [0.05, 0.1) is 16.0 Å². The molecule has 0 aliphatic rings. The number of carbonyl (C=O) groups excluding carboxylic acids is 1. The van der Waals surface area contributed by atoms with Crippen molar-refractivity contribution in [2.45, 2.75) is 19.3 Å². The second-order valence-corrected chi connectivity index (χ2v) is 5.87. The molecule has 1 N–H and O–H groups in total. The SMILES string of the molecule is Cc1ccc([C@@H](CC(=O)c2ccc(Cl)c(Cl)c2)C(=O)O)cc1. The number of carboxylic acids is 1. The number of carboxylic acid groups (broad SMARTS) is 1. The first-order chi connectivity index (χ1) is 10.4. The van der Waals surface area contributed by atoms with E-state index in [4.69, 9.17) is 23.2 Å². The highest BCUT2D eigenvalue weighted by Crippen LogP contribution is 2.26. The Morgan fingerprint density at radius 3 is 2.23 bits per heavy atom. The number of ketones is 1. The van der Waals surface area contributed by atoms with Crippen LogP contribution in [0.5, 0.6) is 0 Å². The van der Waals surface area contributed by atoms with Gasteiger partial charge in [0.1, 0.15) is 0 Å². The lowest BCUT2D eigenvalue weighted by Gasteiger charge is -2.12. The standard InChI is InChI=1S/C17H14Cl2O3/c1-10-2-4-11(5-3-10)13(17(21)22)9-16(20)12-6-7-14(18)15(19)8-12/h2-8,13H,9H2,1H3,(H,21,22)/t13-/m1/s1. The number of hydrogen-bond donors (Lipinski definition) is 1. The minimum Gasteiger partial charge on any atom is -0.481 e. The molecule has 0 spiro atoms. The Bertz CT molecular complexity index is 708. The Morgan fingerprint density at radius 2 is 1.68 bits per heavy atom. The summed E-state index contributed by atoms with van der Waals surface area (Å²) in [6.45, 7) is 1.92. The van der Waals surface area contributed by atoms with Crippen molar-refractivity contribution < 1.29 is 14.7 Å². The van der Waals surface area contributed by atoms with E-state index in [1.54, 1.807) is 18.2 Å². The van der Waals surface area contributed by atoms with Crippen molar-refractivity contribution in [1.29, 1.82) is 0 Å². The van der Waals surface area contributed by atoms with Crippen LogP contribution < -0.4 is 0 Å². The molecule has 0 aromatic heterocycles. The molecule has 0 bridgehead atoms. The number of carbonyl (C=O) groups is 2. The zero-order valence-electron chi connectivity index (χ0n) is 11.8. The fourth-order valence-electron chi connectivity index (χ4n) is 2.12. The Hall–Kier alpha value is -1.84. The van der Waals surface area contributed by atoms with Gasteiger partial charge in [0.25, 0.3) is 0 Å². The fraction of sp³-hybridized carbons (Fsp3) is 0.176. The molecule has 0 aliphatic carbocycles. The van der Waals surface area contributed by atoms with E-state index in [1.807, 2.05) is 19.1 Å². The van der Waals surface area contributed by atoms with Crippen molar-refractivity contribution in [2.24, 2.45) is 0 Å². The normalized spacial score (nSPS) is 12.0. The molecule has 0 heterocycles. The van der Waals surface area contributed by atoms with Crippen LogP contribution in [0, 0.1) is 6.92 Å². The molecule has 2 aromatic carbocycles. The van der Waals surface area contributed by atoms with Gasteiger partial charge in [-0.2, -0.15) is 0 Å². The quantitative estimate of drug-likeness (QED) is 0.802. The largest absolute Gasteiger partial charge is 0.481 e. The van der Waals surface area contributed by atoms with Crippen LogP contribution in [0.2, 0.25) is 10.0 Å². The monoisotopic (exact) mass is 336 g/mol. The summed E-state index contributed by atoms with van der Waals surface area (Å²) in [5.74, 6) is -2.20. The van der Waals surface area contributed by atoms with Crippen LogP contribution in [0.25, 0.3) is 0 Å². The topological polar surface area (TPSA) is 54.4 Å². The maximum Gasteiger partial charge on any atom is 0.311 e. The molecule has 2 aromatic rings. The Morgan fingerprint density at radius 1 is 1.05 bits per heavy atom. The zero-order chi connectivity index (χ0) is 16.3. The summed E-state index contributed by atoms with van der Waals surface area (Å²) in [6.07, 6.45) is -0.129. The maximum atomic E-state index is 12.3. The van der Waals surface area contributed by atoms with Crippen LogP contribution in [0.4, 0.5) is 0 Å². The van der Waals surface area contributed by atoms with Gasteiger partial charge in [-0.25, -0.2) is 0 Å². The highest BCUT2D eigenvalue weighted by molar-refractivity contribution is 6.42. The smallest absolute Gasteiger partial charge is 0.311 e. The average Bonchev–Trinajstić information content (AvgIpc) is 2.48. The molecule has 0 saturated carbocycles. The summed E-state index contributed by atoms with van der Waals surface area (Å²) in [7, 11) is 0. The Balaban J connectivity index is 2.24. The van der Waals surface area contributed by atoms with Crippen LogP contribution in [0.3, 0.4) is 0 Å². The van der Waals surface area contributed by atoms with Crippen LogP contribution in [0.1, 0.15) is 33.8 Å². The van der Waals surface area contributed by atoms with Crippen molar-refractivity contribution in [2.75, 3.05) is 0 Å². The molecule has 2 rings (SSSR count). The summed E-state index contributed by atoms with van der Waals surface area (Å²) in [4.78, 5) is 23.8. The minimum absolute atomic E-state index is 0.129. The van der Waals surface area contributed by atoms with Gasteiger partial charge in [-0.1, -0.05) is 53.0 Å². The molecular weight excluding hydrogens is 323 g/mol. The number of rotatable bonds is 5. The van der Waals surface area contributed by atoms with Gasteiger partial charge >= 0.3 is 5.97 Å². The highest BCUT2D eigenvalue weighted by Gasteiger charge is 2.24. The first-order valence-electron chi connectivity index (χ1n) is 6.66. The molecule has 0 unspecified atom stereocenters. The van der Waals surface area contributed by atoms with Crippen molar-refractivity contribution in [3.8, 4) is 0 Å². The lowest BCUT2D eigenvalue weighted by Crippen LogP contribution is -2.16. The summed E-state index contributed by atoms with van der Waals surface area (Å²) < 4.78 is 0. The Labute approximate surface area is 138 Å². The number of hydrogen-bond acceptors (Lipinski definition) is 2. The molecule has 114 valence electrons. The van der Waals surface area contributed by atoms with Gasteiger partial charge in [0.15, 0.2) is 5.78 Å². The molecule has 1 atom stereocenters. The predicted molar refractivity (Wildman–Crippen MR) is 87.0 cm³/mol. The van der Waals surface area contributed by atoms with Gasteiger partial charge in [-0.05, 0) is 30.7 Å². The number of aliphatic carboxylic acids is 1. The van der Waals surface area contributed by atoms with Crippen molar-refractivity contribution >= 4 is 35.0 Å². The van der Waals surface area contributed by atoms with Crippen molar-refractivity contribution in [1.82, 2.24) is 0 Å². The van der Waals surface area contributed by atoms with E-state index < -0.39 is 11.9 Å². The van der Waals surface area contributed by atoms with Gasteiger partial charge < -0.3 is 5.11 Å². The lowest BCUT2D eigenvalue weighted by atomic mass is 9.91. The first kappa shape index (κ1) is 16.5. The third-order valence-corrected chi connectivity index (χ3v) is 4.15. The van der Waals surface area contributed by atoms with E-state index in [0.29, 0.717) is 16.1 Å². The molecule has 0 aliphatic heterocycles. The molecule has 0 amide bonds. The Kier molecular flexibility index (Phi) is 5.22. The number of aryl methyl sites for hydroxylation is 1. The molecule has 0 fully saturated rings. The predicted octanol–water partition coefficient (Wildman–Crippen LogP) is 4.74. The van der Waals surface area contributed by atoms with Crippen molar-refractivity contribution in [3.63, 3.8) is 0 Å². The van der Waals surface area contributed by atoms with Crippen molar-refractivity contribution in [3.05, 3.63) is 69.2 Å². The highest BCUT2D eigenvalue weighted by atomic mass is 35.5. The maximum absolute atomic E-state index is 12.3. The lowest BCUT2D eigenvalue weighted by molar-refractivity contribution is -0.138. The molecular formula is C17H14Cl2O3. The van der Waals surface area contributed by atoms with E-state index in [-0.39, 0.29) is 17.2 Å². The summed E-state index contributed by atoms with van der Waals surface area (Å²) >= 11 is 11.7. The van der Waals surface area contributed by atoms with Crippen LogP contribution in [-0.4, -0.2) is 16.9 Å². The fourth-order valence-corrected chi connectivity index (χ4v) is 2.42. The summed E-state index contributed by atoms with van der Waals surface area (Å²) in [5.41, 5.74) is 1.99. The molecule has 5 heteroatoms. The second kappa shape index (κ2) is 6.95. The van der Waals surface area contributed by atoms with E-state index in [2.05, 4.69) is 0 Å². The average molecular weight is 337 g/mol. The van der Waals surface area contributed by atoms with E-state index in [1.165, 1.54) is 12.1 Å². The van der Waals surface area contributed by atoms with Gasteiger partial charge in [0.2, 0.25) is 0 Å². The van der Waals surface area contributed by atoms with Crippen LogP contribution in [0.15, 0.2) is 42.5 Å². The van der Waals surface area contributed by atoms with E-state index in [9.17, 15) is 14.7 Å². The third-order valence-electron chi connectivity index (χ3n) is 3.41. The van der Waals surface area contributed by atoms with Crippen LogP contribution in [-0.2, 0) is 4.79 Å². The van der Waals surface area contributed by atoms with E-state index in [0.717, 1.165) is 5.56 Å². The van der Waals surface area contributed by atoms with Gasteiger partial charge in [-0.15, -0.1) is 0 Å². The minimum atomic E-state index is -1.03. The number of benzene rings is 2. The molecule has 0 radical (unpaired) electrons. The molecule has 22 heavy (non-hydrogen) atoms. The molecule has 3 nitrogen and oxygen atoms in total. The summed E-state index contributed by atoms with van der Waals surface area (Å²) in [5, 5.41) is 10.0.